The van der Waals surface area contributed by atoms with Gasteiger partial charge in [-0.15, -0.1) is 0 Å². The largest absolute Gasteiger partial charge is 0.462 e. The van der Waals surface area contributed by atoms with E-state index in [4.69, 9.17) is 33.2 Å². The number of unbranched alkanes of at least 4 members (excludes halogenated alkanes) is 1. The molecule has 5 heterocycles. The number of aliphatic hydroxyl groups excluding tert-OH is 2. The van der Waals surface area contributed by atoms with E-state index in [2.05, 4.69) is 0 Å². The van der Waals surface area contributed by atoms with Gasteiger partial charge in [0, 0.05) is 56.3 Å². The van der Waals surface area contributed by atoms with E-state index in [9.17, 15) is 39.6 Å². The second-order valence-corrected chi connectivity index (χ2v) is 16.5. The smallest absolute Gasteiger partial charge is 0.331 e. The van der Waals surface area contributed by atoms with Crippen LogP contribution in [0.4, 0.5) is 0 Å². The van der Waals surface area contributed by atoms with E-state index < -0.39 is 115 Å². The van der Waals surface area contributed by atoms with Gasteiger partial charge in [0.2, 0.25) is 5.79 Å². The summed E-state index contributed by atoms with van der Waals surface area (Å²) in [5, 5.41) is 46.3. The monoisotopic (exact) mass is 816 g/mol. The van der Waals surface area contributed by atoms with Crippen LogP contribution in [-0.4, -0.2) is 117 Å². The standard InChI is InChI=1S/C43H60O15/c1-7-9-10-11-12-13-36(47)56-40-33-22-38(49)55-39(33)34-20-32(24-44)54-37(48)19-28(46)18-30-21-35(52-26(4)45)41(5,6)42(50,57-30)23-31-17-27(8-2)16-29(53-31)15-14-25(3)43(40,51)58-34/h8,10-15,22,25,28-32,34-35,39-40,44,46,50-51H,7,9,16-21,23-24H2,1-6H3/b11-10+,13-12+,15-14+,27-8+/t25?,28-,29+,30-,31+,32-,34-,35+,39-,40+,42+,43+/m1/s1. The Balaban J connectivity index is 1.53. The molecule has 0 spiro atoms. The number of carbonyl (C=O) groups excluding carboxylic acids is 4. The van der Waals surface area contributed by atoms with Gasteiger partial charge in [-0.25, -0.2) is 9.59 Å². The molecule has 5 aliphatic heterocycles. The zero-order valence-corrected chi connectivity index (χ0v) is 34.2. The summed E-state index contributed by atoms with van der Waals surface area (Å²) in [5.74, 6) is -8.17. The molecule has 6 bridgehead atoms. The van der Waals surface area contributed by atoms with Crippen molar-refractivity contribution in [3.05, 3.63) is 59.8 Å². The van der Waals surface area contributed by atoms with Crippen molar-refractivity contribution in [1.82, 2.24) is 0 Å². The van der Waals surface area contributed by atoms with E-state index in [-0.39, 0.29) is 31.3 Å². The highest BCUT2D eigenvalue weighted by molar-refractivity contribution is 5.87. The third-order valence-corrected chi connectivity index (χ3v) is 11.8. The Morgan fingerprint density at radius 3 is 2.43 bits per heavy atom. The number of allylic oxidation sites excluding steroid dienone is 4. The van der Waals surface area contributed by atoms with Crippen molar-refractivity contribution in [2.24, 2.45) is 11.3 Å². The maximum Gasteiger partial charge on any atom is 0.331 e. The van der Waals surface area contributed by atoms with Gasteiger partial charge in [-0.05, 0) is 26.2 Å². The number of fused-ring (bicyclic) bond motifs is 8. The van der Waals surface area contributed by atoms with Crippen LogP contribution < -0.4 is 0 Å². The third-order valence-electron chi connectivity index (χ3n) is 11.8. The van der Waals surface area contributed by atoms with Gasteiger partial charge in [0.25, 0.3) is 0 Å². The summed E-state index contributed by atoms with van der Waals surface area (Å²) < 4.78 is 41.9. The van der Waals surface area contributed by atoms with Crippen molar-refractivity contribution >= 4 is 23.9 Å². The van der Waals surface area contributed by atoms with Crippen LogP contribution in [0, 0.1) is 11.3 Å². The second kappa shape index (κ2) is 19.1. The lowest BCUT2D eigenvalue weighted by Gasteiger charge is -2.53. The average Bonchev–Trinajstić information content (AvgIpc) is 3.54. The summed E-state index contributed by atoms with van der Waals surface area (Å²) in [7, 11) is 0. The van der Waals surface area contributed by atoms with Gasteiger partial charge in [-0.3, -0.25) is 9.59 Å². The van der Waals surface area contributed by atoms with Crippen LogP contribution in [0.3, 0.4) is 0 Å². The molecule has 3 saturated heterocycles. The molecule has 15 nitrogen and oxygen atoms in total. The molecule has 0 saturated carbocycles. The Morgan fingerprint density at radius 2 is 1.74 bits per heavy atom. The van der Waals surface area contributed by atoms with Crippen molar-refractivity contribution in [3.8, 4) is 0 Å². The SMILES string of the molecule is C/C=C1/C[C@H]2C[C@]3(O)O[C@H](C[C@@H](O)CC(=O)O[C@@H](CO)C[C@H]4O[C@@](O)(C(C)/C=C/[C@@H](C1)O2)[C@@H](OC(=O)/C=C/C=C/CCC)C1=CC(=O)O[C@H]14)C[C@H](OC(C)=O)C3(C)C. The number of hydrogen-bond acceptors (Lipinski definition) is 15. The highest BCUT2D eigenvalue weighted by Gasteiger charge is 2.60. The molecular formula is C43H60O15. The minimum atomic E-state index is -2.31. The molecule has 4 N–H and O–H groups in total. The van der Waals surface area contributed by atoms with Crippen molar-refractivity contribution in [2.75, 3.05) is 6.61 Å². The summed E-state index contributed by atoms with van der Waals surface area (Å²) in [4.78, 5) is 51.4. The number of hydrogen-bond donors (Lipinski definition) is 4. The molecule has 58 heavy (non-hydrogen) atoms. The summed E-state index contributed by atoms with van der Waals surface area (Å²) in [6, 6.07) is 0. The molecule has 3 fully saturated rings. The first kappa shape index (κ1) is 45.4. The van der Waals surface area contributed by atoms with Gasteiger partial charge >= 0.3 is 23.9 Å². The summed E-state index contributed by atoms with van der Waals surface area (Å²) in [6.45, 7) is 9.63. The van der Waals surface area contributed by atoms with Crippen molar-refractivity contribution in [2.45, 2.75) is 166 Å². The van der Waals surface area contributed by atoms with Crippen LogP contribution >= 0.6 is 0 Å². The Hall–Kier alpha value is -3.70. The number of carbonyl (C=O) groups is 4. The maximum absolute atomic E-state index is 13.2. The van der Waals surface area contributed by atoms with E-state index >= 15 is 0 Å². The van der Waals surface area contributed by atoms with E-state index in [1.807, 2.05) is 26.0 Å². The predicted octanol–water partition coefficient (Wildman–Crippen LogP) is 3.71. The Labute approximate surface area is 339 Å². The highest BCUT2D eigenvalue weighted by Crippen LogP contribution is 2.49. The summed E-state index contributed by atoms with van der Waals surface area (Å²) in [6.07, 6.45) is 5.44. The fourth-order valence-corrected chi connectivity index (χ4v) is 8.40. The second-order valence-electron chi connectivity index (χ2n) is 16.5. The van der Waals surface area contributed by atoms with Crippen LogP contribution in [0.1, 0.15) is 99.3 Å². The molecule has 0 aromatic rings. The van der Waals surface area contributed by atoms with E-state index in [1.165, 1.54) is 19.1 Å². The zero-order chi connectivity index (χ0) is 42.4. The number of cyclic esters (lactones) is 1. The van der Waals surface area contributed by atoms with E-state index in [0.717, 1.165) is 24.5 Å². The molecule has 0 aliphatic carbocycles. The highest BCUT2D eigenvalue weighted by atomic mass is 16.7. The van der Waals surface area contributed by atoms with Gasteiger partial charge in [0.1, 0.15) is 18.3 Å². The van der Waals surface area contributed by atoms with Gasteiger partial charge in [-0.1, -0.05) is 76.1 Å². The number of rotatable bonds is 7. The van der Waals surface area contributed by atoms with Crippen molar-refractivity contribution in [3.63, 3.8) is 0 Å². The first-order chi connectivity index (χ1) is 27.4. The minimum Gasteiger partial charge on any atom is -0.462 e. The molecule has 1 unspecified atom stereocenters. The van der Waals surface area contributed by atoms with Crippen LogP contribution in [0.25, 0.3) is 0 Å². The number of aliphatic hydroxyl groups is 4. The van der Waals surface area contributed by atoms with Crippen LogP contribution in [0.2, 0.25) is 0 Å². The summed E-state index contributed by atoms with van der Waals surface area (Å²) >= 11 is 0. The predicted molar refractivity (Wildman–Crippen MR) is 206 cm³/mol. The lowest BCUT2D eigenvalue weighted by molar-refractivity contribution is -0.348. The molecule has 0 radical (unpaired) electrons. The fourth-order valence-electron chi connectivity index (χ4n) is 8.40. The molecule has 0 aromatic carbocycles. The first-order valence-corrected chi connectivity index (χ1v) is 20.3. The molecule has 322 valence electrons. The van der Waals surface area contributed by atoms with Crippen molar-refractivity contribution < 1.29 is 72.8 Å². The fraction of sp³-hybridized carbons (Fsp3) is 0.674. The van der Waals surface area contributed by atoms with Gasteiger partial charge < -0.3 is 53.6 Å². The quantitative estimate of drug-likeness (QED) is 0.0948. The molecule has 5 aliphatic rings. The van der Waals surface area contributed by atoms with E-state index in [0.29, 0.717) is 12.8 Å². The molecule has 0 aromatic heterocycles. The molecule has 0 amide bonds. The van der Waals surface area contributed by atoms with Gasteiger partial charge in [0.05, 0.1) is 42.9 Å². The lowest BCUT2D eigenvalue weighted by atomic mass is 9.70. The van der Waals surface area contributed by atoms with Crippen LogP contribution in [0.15, 0.2) is 59.8 Å². The number of ether oxygens (including phenoxy) is 7. The Morgan fingerprint density at radius 1 is 0.983 bits per heavy atom. The molecule has 5 rings (SSSR count). The Bertz CT molecular complexity index is 1660. The van der Waals surface area contributed by atoms with Gasteiger partial charge in [0.15, 0.2) is 18.0 Å². The van der Waals surface area contributed by atoms with E-state index in [1.54, 1.807) is 39.0 Å². The van der Waals surface area contributed by atoms with Crippen molar-refractivity contribution in [1.29, 1.82) is 0 Å². The first-order valence-electron chi connectivity index (χ1n) is 20.3. The maximum atomic E-state index is 13.2. The molecule has 15 heteroatoms. The zero-order valence-electron chi connectivity index (χ0n) is 34.2. The molecular weight excluding hydrogens is 756 g/mol. The molecule has 12 atom stereocenters. The van der Waals surface area contributed by atoms with Crippen LogP contribution in [0.5, 0.6) is 0 Å². The average molecular weight is 817 g/mol. The van der Waals surface area contributed by atoms with Crippen LogP contribution in [-0.2, 0) is 52.3 Å². The topological polar surface area (TPSA) is 214 Å². The minimum absolute atomic E-state index is 0.0424. The summed E-state index contributed by atoms with van der Waals surface area (Å²) in [5.41, 5.74) is 0.0290. The number of esters is 4. The third kappa shape index (κ3) is 10.5. The lowest BCUT2D eigenvalue weighted by Crippen LogP contribution is -2.62. The Kier molecular flexibility index (Phi) is 15.0. The normalized spacial score (nSPS) is 39.6. The van der Waals surface area contributed by atoms with Gasteiger partial charge in [-0.2, -0.15) is 0 Å².